The van der Waals surface area contributed by atoms with E-state index >= 15 is 0 Å². The first-order valence-corrected chi connectivity index (χ1v) is 9.28. The molecule has 1 saturated heterocycles. The van der Waals surface area contributed by atoms with Crippen molar-refractivity contribution in [3.05, 3.63) is 0 Å². The summed E-state index contributed by atoms with van der Waals surface area (Å²) in [6.07, 6.45) is 8.28. The second-order valence-electron chi connectivity index (χ2n) is 9.09. The van der Waals surface area contributed by atoms with Crippen LogP contribution in [-0.2, 0) is 0 Å². The van der Waals surface area contributed by atoms with Gasteiger partial charge in [0.25, 0.3) is 0 Å². The van der Waals surface area contributed by atoms with Gasteiger partial charge in [-0.05, 0) is 68.4 Å². The Kier molecular flexibility index (Phi) is 5.76. The molecule has 0 aromatic carbocycles. The molecule has 0 spiro atoms. The molecule has 1 aliphatic heterocycles. The summed E-state index contributed by atoms with van der Waals surface area (Å²) in [5, 5.41) is 3.76. The van der Waals surface area contributed by atoms with E-state index in [4.69, 9.17) is 0 Å². The Balaban J connectivity index is 1.82. The van der Waals surface area contributed by atoms with Crippen LogP contribution < -0.4 is 5.32 Å². The highest BCUT2D eigenvalue weighted by Gasteiger charge is 2.31. The molecule has 0 amide bonds. The number of nitrogens with one attached hydrogen (secondary N) is 1. The highest BCUT2D eigenvalue weighted by molar-refractivity contribution is 4.88. The Hall–Kier alpha value is -0.0800. The van der Waals surface area contributed by atoms with Crippen LogP contribution in [0.3, 0.4) is 0 Å². The third-order valence-corrected chi connectivity index (χ3v) is 5.90. The van der Waals surface area contributed by atoms with Crippen LogP contribution in [0.4, 0.5) is 0 Å². The van der Waals surface area contributed by atoms with Gasteiger partial charge < -0.3 is 10.2 Å². The van der Waals surface area contributed by atoms with Crippen LogP contribution >= 0.6 is 0 Å². The largest absolute Gasteiger partial charge is 0.313 e. The summed E-state index contributed by atoms with van der Waals surface area (Å²) in [7, 11) is 0. The van der Waals surface area contributed by atoms with Crippen LogP contribution in [-0.4, -0.2) is 37.1 Å². The standard InChI is InChI=1S/C19H38N2/c1-6-19(5,14-20-17-9-10-17)15-21-12-7-8-16(11-13-21)18(2,3)4/h16-17,20H,6-15H2,1-5H3. The molecule has 1 saturated carbocycles. The monoisotopic (exact) mass is 294 g/mol. The Morgan fingerprint density at radius 2 is 1.71 bits per heavy atom. The number of nitrogens with zero attached hydrogens (tertiary/aromatic N) is 1. The Bertz CT molecular complexity index is 316. The lowest BCUT2D eigenvalue weighted by atomic mass is 9.77. The predicted molar refractivity (Wildman–Crippen MR) is 92.7 cm³/mol. The van der Waals surface area contributed by atoms with E-state index in [1.54, 1.807) is 0 Å². The van der Waals surface area contributed by atoms with Crippen molar-refractivity contribution in [3.8, 4) is 0 Å². The first kappa shape index (κ1) is 17.3. The molecule has 2 atom stereocenters. The van der Waals surface area contributed by atoms with Gasteiger partial charge in [-0.25, -0.2) is 0 Å². The summed E-state index contributed by atoms with van der Waals surface area (Å²) in [6.45, 7) is 17.2. The van der Waals surface area contributed by atoms with E-state index in [1.807, 2.05) is 0 Å². The molecule has 0 aromatic rings. The second-order valence-corrected chi connectivity index (χ2v) is 9.09. The quantitative estimate of drug-likeness (QED) is 0.785. The van der Waals surface area contributed by atoms with Gasteiger partial charge in [-0.2, -0.15) is 0 Å². The lowest BCUT2D eigenvalue weighted by molar-refractivity contribution is 0.151. The molecule has 0 bridgehead atoms. The average molecular weight is 295 g/mol. The highest BCUT2D eigenvalue weighted by atomic mass is 15.1. The molecular weight excluding hydrogens is 256 g/mol. The zero-order valence-corrected chi connectivity index (χ0v) is 15.2. The van der Waals surface area contributed by atoms with Gasteiger partial charge in [-0.15, -0.1) is 0 Å². The fourth-order valence-corrected chi connectivity index (χ4v) is 3.69. The summed E-state index contributed by atoms with van der Waals surface area (Å²) in [5.41, 5.74) is 0.932. The van der Waals surface area contributed by atoms with Gasteiger partial charge in [0.2, 0.25) is 0 Å². The average Bonchev–Trinajstić information content (AvgIpc) is 3.22. The van der Waals surface area contributed by atoms with E-state index in [2.05, 4.69) is 44.8 Å². The molecule has 2 unspecified atom stereocenters. The lowest BCUT2D eigenvalue weighted by Crippen LogP contribution is -2.43. The summed E-state index contributed by atoms with van der Waals surface area (Å²) in [5.74, 6) is 0.903. The predicted octanol–water partition coefficient (Wildman–Crippen LogP) is 4.30. The summed E-state index contributed by atoms with van der Waals surface area (Å²) < 4.78 is 0. The van der Waals surface area contributed by atoms with Crippen molar-refractivity contribution in [1.29, 1.82) is 0 Å². The summed E-state index contributed by atoms with van der Waals surface area (Å²) in [6, 6.07) is 0.838. The van der Waals surface area contributed by atoms with Crippen molar-refractivity contribution in [2.75, 3.05) is 26.2 Å². The van der Waals surface area contributed by atoms with Crippen molar-refractivity contribution >= 4 is 0 Å². The maximum absolute atomic E-state index is 3.76. The van der Waals surface area contributed by atoms with Crippen LogP contribution in [0.15, 0.2) is 0 Å². The Labute approximate surface area is 133 Å². The lowest BCUT2D eigenvalue weighted by Gasteiger charge is -2.35. The van der Waals surface area contributed by atoms with Crippen molar-refractivity contribution in [1.82, 2.24) is 10.2 Å². The molecule has 1 N–H and O–H groups in total. The number of rotatable bonds is 6. The van der Waals surface area contributed by atoms with E-state index in [9.17, 15) is 0 Å². The molecule has 1 aliphatic carbocycles. The molecule has 2 aliphatic rings. The number of likely N-dealkylation sites (tertiary alicyclic amines) is 1. The van der Waals surface area contributed by atoms with E-state index in [1.165, 1.54) is 64.7 Å². The van der Waals surface area contributed by atoms with Gasteiger partial charge in [0, 0.05) is 19.1 Å². The minimum Gasteiger partial charge on any atom is -0.313 e. The second kappa shape index (κ2) is 7.00. The Morgan fingerprint density at radius 1 is 1.00 bits per heavy atom. The van der Waals surface area contributed by atoms with Crippen molar-refractivity contribution in [2.24, 2.45) is 16.7 Å². The van der Waals surface area contributed by atoms with Gasteiger partial charge in [-0.3, -0.25) is 0 Å². The number of hydrogen-bond acceptors (Lipinski definition) is 2. The third-order valence-electron chi connectivity index (χ3n) is 5.90. The SMILES string of the molecule is CCC(C)(CNC1CC1)CN1CCCC(C(C)(C)C)CC1. The highest BCUT2D eigenvalue weighted by Crippen LogP contribution is 2.35. The summed E-state index contributed by atoms with van der Waals surface area (Å²) in [4.78, 5) is 2.75. The van der Waals surface area contributed by atoms with Crippen LogP contribution in [0.1, 0.15) is 73.1 Å². The molecule has 2 fully saturated rings. The maximum Gasteiger partial charge on any atom is 0.00684 e. The molecule has 2 heteroatoms. The topological polar surface area (TPSA) is 15.3 Å². The zero-order chi connectivity index (χ0) is 15.5. The van der Waals surface area contributed by atoms with Gasteiger partial charge in [0.15, 0.2) is 0 Å². The molecule has 21 heavy (non-hydrogen) atoms. The minimum atomic E-state index is 0.449. The van der Waals surface area contributed by atoms with Crippen LogP contribution in [0, 0.1) is 16.7 Å². The minimum absolute atomic E-state index is 0.449. The molecule has 1 heterocycles. The van der Waals surface area contributed by atoms with Crippen LogP contribution in [0.25, 0.3) is 0 Å². The molecular formula is C19H38N2. The molecule has 2 nitrogen and oxygen atoms in total. The van der Waals surface area contributed by atoms with Crippen LogP contribution in [0.2, 0.25) is 0 Å². The van der Waals surface area contributed by atoms with Gasteiger partial charge in [-0.1, -0.05) is 34.6 Å². The summed E-state index contributed by atoms with van der Waals surface area (Å²) >= 11 is 0. The van der Waals surface area contributed by atoms with E-state index in [0.717, 1.165) is 12.0 Å². The van der Waals surface area contributed by atoms with Gasteiger partial charge in [0.05, 0.1) is 0 Å². The first-order chi connectivity index (χ1) is 9.82. The van der Waals surface area contributed by atoms with Crippen molar-refractivity contribution in [3.63, 3.8) is 0 Å². The molecule has 124 valence electrons. The maximum atomic E-state index is 3.76. The van der Waals surface area contributed by atoms with Gasteiger partial charge >= 0.3 is 0 Å². The van der Waals surface area contributed by atoms with Crippen molar-refractivity contribution < 1.29 is 0 Å². The Morgan fingerprint density at radius 3 is 2.29 bits per heavy atom. The number of hydrogen-bond donors (Lipinski definition) is 1. The fourth-order valence-electron chi connectivity index (χ4n) is 3.69. The van der Waals surface area contributed by atoms with Crippen molar-refractivity contribution in [2.45, 2.75) is 79.2 Å². The first-order valence-electron chi connectivity index (χ1n) is 9.28. The smallest absolute Gasteiger partial charge is 0.00684 e. The normalized spacial score (nSPS) is 28.1. The fraction of sp³-hybridized carbons (Fsp3) is 1.00. The van der Waals surface area contributed by atoms with E-state index < -0.39 is 0 Å². The zero-order valence-electron chi connectivity index (χ0n) is 15.2. The van der Waals surface area contributed by atoms with E-state index in [0.29, 0.717) is 10.8 Å². The third kappa shape index (κ3) is 5.56. The molecule has 0 aromatic heterocycles. The molecule has 2 rings (SSSR count). The van der Waals surface area contributed by atoms with Gasteiger partial charge in [0.1, 0.15) is 0 Å². The van der Waals surface area contributed by atoms with Crippen LogP contribution in [0.5, 0.6) is 0 Å². The van der Waals surface area contributed by atoms with E-state index in [-0.39, 0.29) is 0 Å². The molecule has 0 radical (unpaired) electrons.